The van der Waals surface area contributed by atoms with Gasteiger partial charge in [0.15, 0.2) is 0 Å². The van der Waals surface area contributed by atoms with Crippen LogP contribution in [0.15, 0.2) is 54.6 Å². The maximum absolute atomic E-state index is 11.7. The number of nitrogens with two attached hydrogens (primary N) is 1. The van der Waals surface area contributed by atoms with Crippen molar-refractivity contribution in [2.75, 3.05) is 6.54 Å². The first kappa shape index (κ1) is 19.8. The highest BCUT2D eigenvalue weighted by Crippen LogP contribution is 2.20. The van der Waals surface area contributed by atoms with E-state index in [4.69, 9.17) is 22.7 Å². The normalized spacial score (nSPS) is 12.8. The second-order valence-electron chi connectivity index (χ2n) is 5.78. The van der Waals surface area contributed by atoms with Crippen molar-refractivity contribution >= 4 is 23.3 Å². The Bertz CT molecular complexity index is 739. The van der Waals surface area contributed by atoms with Gasteiger partial charge in [0, 0.05) is 12.1 Å². The van der Waals surface area contributed by atoms with Crippen LogP contribution in [0.5, 0.6) is 0 Å². The lowest BCUT2D eigenvalue weighted by Crippen LogP contribution is -2.29. The average Bonchev–Trinajstić information content (AvgIpc) is 2.66. The highest BCUT2D eigenvalue weighted by molar-refractivity contribution is 7.80. The molecule has 2 aromatic rings. The fourth-order valence-corrected chi connectivity index (χ4v) is 2.48. The molecule has 0 aliphatic carbocycles. The molecule has 0 aromatic heterocycles. The molecule has 7 heteroatoms. The Labute approximate surface area is 157 Å². The minimum atomic E-state index is -1.11. The number of ether oxygens (including phenoxy) is 1. The minimum Gasteiger partial charge on any atom is -0.445 e. The zero-order valence-electron chi connectivity index (χ0n) is 14.2. The molecule has 2 aromatic carbocycles. The Morgan fingerprint density at radius 3 is 2.58 bits per heavy atom. The smallest absolute Gasteiger partial charge is 0.407 e. The van der Waals surface area contributed by atoms with Gasteiger partial charge in [0.05, 0.1) is 6.10 Å². The topological polar surface area (TPSA) is 105 Å². The zero-order valence-corrected chi connectivity index (χ0v) is 15.0. The fraction of sp³-hybridized carbons (Fsp3) is 0.263. The molecule has 2 atom stereocenters. The Balaban J connectivity index is 1.75. The molecule has 26 heavy (non-hydrogen) atoms. The number of aliphatic hydroxyl groups is 2. The van der Waals surface area contributed by atoms with E-state index in [0.717, 1.165) is 5.56 Å². The lowest BCUT2D eigenvalue weighted by molar-refractivity contribution is 0.0136. The summed E-state index contributed by atoms with van der Waals surface area (Å²) >= 11 is 4.90. The number of hydrogen-bond acceptors (Lipinski definition) is 5. The predicted molar refractivity (Wildman–Crippen MR) is 103 cm³/mol. The third-order valence-corrected chi connectivity index (χ3v) is 4.04. The monoisotopic (exact) mass is 374 g/mol. The molecule has 0 fully saturated rings. The van der Waals surface area contributed by atoms with E-state index in [0.29, 0.717) is 11.1 Å². The van der Waals surface area contributed by atoms with Crippen molar-refractivity contribution in [1.82, 2.24) is 5.32 Å². The largest absolute Gasteiger partial charge is 0.445 e. The standard InChI is InChI=1S/C19H22N2O4S/c20-18(26)15-8-4-7-14(11-15)17(23)16(22)9-10-21-19(24)25-12-13-5-2-1-3-6-13/h1-8,11,16-17,22-23H,9-10,12H2,(H2,20,26)(H,21,24). The molecule has 1 amide bonds. The van der Waals surface area contributed by atoms with Crippen molar-refractivity contribution < 1.29 is 19.7 Å². The summed E-state index contributed by atoms with van der Waals surface area (Å²) in [6.45, 7) is 0.338. The maximum Gasteiger partial charge on any atom is 0.407 e. The molecule has 0 aliphatic rings. The summed E-state index contributed by atoms with van der Waals surface area (Å²) in [5, 5.41) is 22.9. The van der Waals surface area contributed by atoms with Gasteiger partial charge in [-0.1, -0.05) is 60.7 Å². The van der Waals surface area contributed by atoms with Crippen LogP contribution in [0.25, 0.3) is 0 Å². The number of aliphatic hydroxyl groups excluding tert-OH is 2. The van der Waals surface area contributed by atoms with Crippen molar-refractivity contribution in [3.05, 3.63) is 71.3 Å². The van der Waals surface area contributed by atoms with E-state index in [-0.39, 0.29) is 24.6 Å². The van der Waals surface area contributed by atoms with Crippen molar-refractivity contribution in [3.63, 3.8) is 0 Å². The lowest BCUT2D eigenvalue weighted by atomic mass is 10.00. The van der Waals surface area contributed by atoms with Crippen LogP contribution in [-0.4, -0.2) is 33.9 Å². The number of rotatable bonds is 8. The van der Waals surface area contributed by atoms with Crippen LogP contribution >= 0.6 is 12.2 Å². The first-order valence-electron chi connectivity index (χ1n) is 8.18. The maximum atomic E-state index is 11.7. The van der Waals surface area contributed by atoms with Gasteiger partial charge in [0.1, 0.15) is 17.7 Å². The summed E-state index contributed by atoms with van der Waals surface area (Å²) in [5.74, 6) is 0. The van der Waals surface area contributed by atoms with Gasteiger partial charge in [-0.25, -0.2) is 4.79 Å². The number of carbonyl (C=O) groups is 1. The third-order valence-electron chi connectivity index (χ3n) is 3.80. The Hall–Kier alpha value is -2.48. The van der Waals surface area contributed by atoms with E-state index < -0.39 is 18.3 Å². The number of nitrogens with one attached hydrogen (secondary N) is 1. The van der Waals surface area contributed by atoms with Gasteiger partial charge < -0.3 is 26.0 Å². The van der Waals surface area contributed by atoms with Gasteiger partial charge in [-0.05, 0) is 23.6 Å². The summed E-state index contributed by atoms with van der Waals surface area (Å²) in [6.07, 6.45) is -2.57. The van der Waals surface area contributed by atoms with E-state index >= 15 is 0 Å². The molecule has 0 bridgehead atoms. The van der Waals surface area contributed by atoms with Gasteiger partial charge in [-0.15, -0.1) is 0 Å². The Kier molecular flexibility index (Phi) is 7.53. The molecule has 0 spiro atoms. The molecule has 0 aliphatic heterocycles. The SMILES string of the molecule is NC(=S)c1cccc(C(O)C(O)CCNC(=O)OCc2ccccc2)c1. The number of amides is 1. The van der Waals surface area contributed by atoms with Crippen molar-refractivity contribution in [2.45, 2.75) is 25.2 Å². The van der Waals surface area contributed by atoms with E-state index in [2.05, 4.69) is 5.32 Å². The first-order chi connectivity index (χ1) is 12.5. The summed E-state index contributed by atoms with van der Waals surface area (Å²) in [4.78, 5) is 11.9. The van der Waals surface area contributed by atoms with Gasteiger partial charge in [-0.2, -0.15) is 0 Å². The first-order valence-corrected chi connectivity index (χ1v) is 8.58. The number of benzene rings is 2. The molecule has 138 valence electrons. The zero-order chi connectivity index (χ0) is 18.9. The molecule has 0 saturated heterocycles. The van der Waals surface area contributed by atoms with Crippen LogP contribution in [0, 0.1) is 0 Å². The predicted octanol–water partition coefficient (Wildman–Crippen LogP) is 2.03. The molecule has 6 nitrogen and oxygen atoms in total. The number of thiocarbonyl (C=S) groups is 1. The number of carbonyl (C=O) groups excluding carboxylic acids is 1. The van der Waals surface area contributed by atoms with Gasteiger partial charge in [0.2, 0.25) is 0 Å². The highest BCUT2D eigenvalue weighted by Gasteiger charge is 2.19. The molecule has 0 saturated carbocycles. The molecule has 0 heterocycles. The minimum absolute atomic E-state index is 0.166. The summed E-state index contributed by atoms with van der Waals surface area (Å²) in [6, 6.07) is 16.1. The number of alkyl carbamates (subject to hydrolysis) is 1. The van der Waals surface area contributed by atoms with E-state index in [9.17, 15) is 15.0 Å². The lowest BCUT2D eigenvalue weighted by Gasteiger charge is -2.19. The van der Waals surface area contributed by atoms with Crippen molar-refractivity contribution in [1.29, 1.82) is 0 Å². The molecular weight excluding hydrogens is 352 g/mol. The van der Waals surface area contributed by atoms with Gasteiger partial charge in [-0.3, -0.25) is 0 Å². The number of hydrogen-bond donors (Lipinski definition) is 4. The van der Waals surface area contributed by atoms with E-state index in [1.807, 2.05) is 30.3 Å². The highest BCUT2D eigenvalue weighted by atomic mass is 32.1. The quantitative estimate of drug-likeness (QED) is 0.527. The second kappa shape index (κ2) is 9.86. The van der Waals surface area contributed by atoms with Gasteiger partial charge >= 0.3 is 6.09 Å². The van der Waals surface area contributed by atoms with E-state index in [1.54, 1.807) is 24.3 Å². The van der Waals surface area contributed by atoms with Crippen LogP contribution in [0.3, 0.4) is 0 Å². The summed E-state index contributed by atoms with van der Waals surface area (Å²) < 4.78 is 5.07. The third kappa shape index (κ3) is 6.11. The van der Waals surface area contributed by atoms with Crippen LogP contribution < -0.4 is 11.1 Å². The molecule has 5 N–H and O–H groups in total. The Morgan fingerprint density at radius 2 is 1.88 bits per heavy atom. The fourth-order valence-electron chi connectivity index (χ4n) is 2.35. The van der Waals surface area contributed by atoms with Crippen LogP contribution in [-0.2, 0) is 11.3 Å². The molecule has 2 rings (SSSR count). The molecule has 0 radical (unpaired) electrons. The molecule has 2 unspecified atom stereocenters. The summed E-state index contributed by atoms with van der Waals surface area (Å²) in [5.41, 5.74) is 7.58. The van der Waals surface area contributed by atoms with Crippen LogP contribution in [0.4, 0.5) is 4.79 Å². The summed E-state index contributed by atoms with van der Waals surface area (Å²) in [7, 11) is 0. The van der Waals surface area contributed by atoms with Crippen LogP contribution in [0.1, 0.15) is 29.2 Å². The molecular formula is C19H22N2O4S. The van der Waals surface area contributed by atoms with E-state index in [1.165, 1.54) is 0 Å². The van der Waals surface area contributed by atoms with Crippen molar-refractivity contribution in [3.8, 4) is 0 Å². The Morgan fingerprint density at radius 1 is 1.15 bits per heavy atom. The van der Waals surface area contributed by atoms with Crippen LogP contribution in [0.2, 0.25) is 0 Å². The second-order valence-corrected chi connectivity index (χ2v) is 6.22. The average molecular weight is 374 g/mol. The van der Waals surface area contributed by atoms with Gasteiger partial charge in [0.25, 0.3) is 0 Å². The van der Waals surface area contributed by atoms with Crippen molar-refractivity contribution in [2.24, 2.45) is 5.73 Å².